The van der Waals surface area contributed by atoms with Crippen LogP contribution in [-0.4, -0.2) is 37.2 Å². The monoisotopic (exact) mass is 288 g/mol. The van der Waals surface area contributed by atoms with E-state index in [1.807, 2.05) is 13.8 Å². The van der Waals surface area contributed by atoms with Crippen LogP contribution in [-0.2, 0) is 9.59 Å². The Kier molecular flexibility index (Phi) is 30.9. The summed E-state index contributed by atoms with van der Waals surface area (Å²) in [5.41, 5.74) is 0. The number of unbranched alkanes of at least 4 members (excludes halogenated alkanes) is 2. The minimum Gasteiger partial charge on any atom is -0.870 e. The zero-order chi connectivity index (χ0) is 11.4. The van der Waals surface area contributed by atoms with Crippen molar-refractivity contribution in [3.63, 3.8) is 0 Å². The van der Waals surface area contributed by atoms with Gasteiger partial charge in [0, 0.05) is 11.9 Å². The summed E-state index contributed by atoms with van der Waals surface area (Å²) in [6.07, 6.45) is 3.74. The maximum absolute atomic E-state index is 9.65. The molecule has 0 aromatic rings. The Hall–Kier alpha value is -0.464. The van der Waals surface area contributed by atoms with Gasteiger partial charge in [0.05, 0.1) is 0 Å². The quantitative estimate of drug-likeness (QED) is 0.600. The van der Waals surface area contributed by atoms with E-state index in [4.69, 9.17) is 0 Å². The summed E-state index contributed by atoms with van der Waals surface area (Å²) in [5, 5.41) is 19.3. The Morgan fingerprint density at radius 1 is 0.875 bits per heavy atom. The van der Waals surface area contributed by atoms with Gasteiger partial charge in [0.1, 0.15) is 0 Å². The number of aliphatic carboxylic acids is 2. The molecule has 0 radical (unpaired) electrons. The van der Waals surface area contributed by atoms with Crippen molar-refractivity contribution in [1.82, 2.24) is 0 Å². The van der Waals surface area contributed by atoms with Gasteiger partial charge < -0.3 is 25.3 Å². The maximum Gasteiger partial charge on any atom is 3.00 e. The van der Waals surface area contributed by atoms with E-state index in [-0.39, 0.29) is 38.1 Å². The van der Waals surface area contributed by atoms with Crippen molar-refractivity contribution in [2.45, 2.75) is 52.4 Å². The average molecular weight is 289 g/mol. The number of carbonyl (C=O) groups excluding carboxylic acids is 2. The molecule has 0 bridgehead atoms. The normalized spacial score (nSPS) is 7.62. The van der Waals surface area contributed by atoms with Crippen molar-refractivity contribution in [3.05, 3.63) is 0 Å². The predicted octanol–water partition coefficient (Wildman–Crippen LogP) is -0.705. The molecule has 92 valence electrons. The van der Waals surface area contributed by atoms with Gasteiger partial charge in [-0.2, -0.15) is 0 Å². The maximum atomic E-state index is 9.65. The number of rotatable bonds is 6. The number of hydrogen-bond acceptors (Lipinski definition) is 5. The van der Waals surface area contributed by atoms with E-state index >= 15 is 0 Å². The van der Waals surface area contributed by atoms with Gasteiger partial charge in [-0.1, -0.05) is 26.7 Å². The first-order chi connectivity index (χ1) is 6.54. The summed E-state index contributed by atoms with van der Waals surface area (Å²) in [6.45, 7) is 3.89. The fourth-order valence-electron chi connectivity index (χ4n) is 0.642. The predicted molar refractivity (Wildman–Crippen MR) is 56.8 cm³/mol. The van der Waals surface area contributed by atoms with E-state index in [1.54, 1.807) is 0 Å². The van der Waals surface area contributed by atoms with Crippen LogP contribution in [0.1, 0.15) is 52.4 Å². The van der Waals surface area contributed by atoms with Crippen LogP contribution in [0.4, 0.5) is 0 Å². The van der Waals surface area contributed by atoms with Gasteiger partial charge in [-0.25, -0.2) is 0 Å². The molecular formula is C10H19GaO5. The minimum absolute atomic E-state index is 0. The van der Waals surface area contributed by atoms with Gasteiger partial charge in [-0.15, -0.1) is 0 Å². The summed E-state index contributed by atoms with van der Waals surface area (Å²) in [5.74, 6) is -1.89. The van der Waals surface area contributed by atoms with E-state index in [1.165, 1.54) is 0 Å². The van der Waals surface area contributed by atoms with E-state index in [0.717, 1.165) is 25.7 Å². The second kappa shape index (κ2) is 20.0. The van der Waals surface area contributed by atoms with Gasteiger partial charge in [-0.05, 0) is 25.7 Å². The number of hydrogen-bond donors (Lipinski definition) is 0. The van der Waals surface area contributed by atoms with Crippen LogP contribution < -0.4 is 10.2 Å². The van der Waals surface area contributed by atoms with Crippen molar-refractivity contribution in [3.8, 4) is 0 Å². The van der Waals surface area contributed by atoms with Crippen LogP contribution in [0, 0.1) is 0 Å². The molecular weight excluding hydrogens is 270 g/mol. The Morgan fingerprint density at radius 2 is 1.12 bits per heavy atom. The van der Waals surface area contributed by atoms with Crippen molar-refractivity contribution in [1.29, 1.82) is 0 Å². The molecule has 0 amide bonds. The Labute approximate surface area is 110 Å². The number of carboxylic acids is 2. The zero-order valence-electron chi connectivity index (χ0n) is 9.90. The first kappa shape index (κ1) is 24.7. The summed E-state index contributed by atoms with van der Waals surface area (Å²) < 4.78 is 0. The fourth-order valence-corrected chi connectivity index (χ4v) is 0.642. The van der Waals surface area contributed by atoms with E-state index in [9.17, 15) is 19.8 Å². The number of carboxylic acid groups (broad SMARTS) is 2. The summed E-state index contributed by atoms with van der Waals surface area (Å²) in [6, 6.07) is 0. The molecule has 1 N–H and O–H groups in total. The minimum atomic E-state index is -0.943. The molecule has 0 aromatic carbocycles. The van der Waals surface area contributed by atoms with E-state index in [2.05, 4.69) is 0 Å². The summed E-state index contributed by atoms with van der Waals surface area (Å²) in [4.78, 5) is 19.3. The molecule has 0 fully saturated rings. The van der Waals surface area contributed by atoms with Crippen molar-refractivity contribution >= 4 is 31.7 Å². The van der Waals surface area contributed by atoms with E-state index < -0.39 is 11.9 Å². The largest absolute Gasteiger partial charge is 3.00 e. The van der Waals surface area contributed by atoms with Gasteiger partial charge in [0.25, 0.3) is 0 Å². The van der Waals surface area contributed by atoms with Crippen LogP contribution in [0.5, 0.6) is 0 Å². The summed E-state index contributed by atoms with van der Waals surface area (Å²) in [7, 11) is 0. The second-order valence-corrected chi connectivity index (χ2v) is 2.95. The van der Waals surface area contributed by atoms with Crippen LogP contribution >= 0.6 is 0 Å². The standard InChI is InChI=1S/2C5H10O2.Ga.H2O/c2*1-2-3-4-5(6)7;;/h2*2-4H2,1H3,(H,6,7);;1H2/q;;+3;/p-3. The topological polar surface area (TPSA) is 110 Å². The van der Waals surface area contributed by atoms with Crippen molar-refractivity contribution < 1.29 is 25.3 Å². The first-order valence-corrected chi connectivity index (χ1v) is 4.94. The zero-order valence-corrected chi connectivity index (χ0v) is 12.3. The smallest absolute Gasteiger partial charge is 0.870 e. The molecule has 0 saturated carbocycles. The molecule has 6 heteroatoms. The van der Waals surface area contributed by atoms with Crippen molar-refractivity contribution in [2.75, 3.05) is 0 Å². The van der Waals surface area contributed by atoms with Crippen LogP contribution in [0.25, 0.3) is 0 Å². The van der Waals surface area contributed by atoms with Gasteiger partial charge in [-0.3, -0.25) is 0 Å². The average Bonchev–Trinajstić information content (AvgIpc) is 2.12. The fraction of sp³-hybridized carbons (Fsp3) is 0.800. The third-order valence-electron chi connectivity index (χ3n) is 1.47. The molecule has 0 atom stereocenters. The molecule has 0 unspecified atom stereocenters. The molecule has 0 rings (SSSR count). The molecule has 5 nitrogen and oxygen atoms in total. The van der Waals surface area contributed by atoms with Gasteiger partial charge in [0.15, 0.2) is 0 Å². The molecule has 0 aliphatic heterocycles. The Balaban J connectivity index is -0.0000000800. The van der Waals surface area contributed by atoms with Crippen molar-refractivity contribution in [2.24, 2.45) is 0 Å². The SMILES string of the molecule is CCCCC(=O)[O-].CCCCC(=O)[O-].[Ga+3].[OH-]. The van der Waals surface area contributed by atoms with Crippen LogP contribution in [0.15, 0.2) is 0 Å². The van der Waals surface area contributed by atoms with E-state index in [0.29, 0.717) is 0 Å². The molecule has 16 heavy (non-hydrogen) atoms. The number of carbonyl (C=O) groups is 2. The molecule has 0 spiro atoms. The molecule has 0 aliphatic rings. The van der Waals surface area contributed by atoms with Crippen LogP contribution in [0.2, 0.25) is 0 Å². The Bertz CT molecular complexity index is 143. The first-order valence-electron chi connectivity index (χ1n) is 4.94. The van der Waals surface area contributed by atoms with Gasteiger partial charge in [0.2, 0.25) is 0 Å². The molecule has 0 aliphatic carbocycles. The second-order valence-electron chi connectivity index (χ2n) is 2.95. The Morgan fingerprint density at radius 3 is 1.19 bits per heavy atom. The third kappa shape index (κ3) is 37.5. The third-order valence-corrected chi connectivity index (χ3v) is 1.47. The summed E-state index contributed by atoms with van der Waals surface area (Å²) >= 11 is 0. The molecule has 0 saturated heterocycles. The molecule has 0 heterocycles. The van der Waals surface area contributed by atoms with Gasteiger partial charge >= 0.3 is 19.8 Å². The van der Waals surface area contributed by atoms with Crippen LogP contribution in [0.3, 0.4) is 0 Å². The molecule has 0 aromatic heterocycles.